The molecular formula is C13H11Cl2NO2S. The Bertz CT molecular complexity index is 672. The lowest BCUT2D eigenvalue weighted by Gasteiger charge is -2.08. The number of nitrogens with one attached hydrogen (secondary N) is 1. The first-order valence-electron chi connectivity index (χ1n) is 5.46. The number of halogens is 2. The number of hydrogen-bond acceptors (Lipinski definition) is 2. The average molecular weight is 316 g/mol. The molecule has 0 aliphatic rings. The first-order chi connectivity index (χ1) is 8.96. The van der Waals surface area contributed by atoms with E-state index < -0.39 is 10.0 Å². The van der Waals surface area contributed by atoms with Crippen LogP contribution < -0.4 is 4.72 Å². The molecule has 0 saturated carbocycles. The van der Waals surface area contributed by atoms with Crippen molar-refractivity contribution in [2.45, 2.75) is 5.75 Å². The largest absolute Gasteiger partial charge is 0.283 e. The van der Waals surface area contributed by atoms with Crippen molar-refractivity contribution in [1.29, 1.82) is 0 Å². The number of rotatable bonds is 4. The van der Waals surface area contributed by atoms with Gasteiger partial charge in [0.1, 0.15) is 0 Å². The van der Waals surface area contributed by atoms with E-state index >= 15 is 0 Å². The molecule has 2 aromatic carbocycles. The fraction of sp³-hybridized carbons (Fsp3) is 0.0769. The molecule has 0 heterocycles. The van der Waals surface area contributed by atoms with Gasteiger partial charge in [0.05, 0.1) is 21.5 Å². The van der Waals surface area contributed by atoms with Crippen molar-refractivity contribution in [3.8, 4) is 0 Å². The first-order valence-corrected chi connectivity index (χ1v) is 7.86. The summed E-state index contributed by atoms with van der Waals surface area (Å²) in [5.41, 5.74) is 1.11. The Hall–Kier alpha value is -1.23. The van der Waals surface area contributed by atoms with Crippen LogP contribution in [0.3, 0.4) is 0 Å². The van der Waals surface area contributed by atoms with E-state index in [4.69, 9.17) is 23.2 Å². The lowest BCUT2D eigenvalue weighted by Crippen LogP contribution is -2.14. The van der Waals surface area contributed by atoms with Gasteiger partial charge in [0.25, 0.3) is 0 Å². The van der Waals surface area contributed by atoms with E-state index in [-0.39, 0.29) is 5.75 Å². The molecule has 0 atom stereocenters. The first kappa shape index (κ1) is 14.2. The second kappa shape index (κ2) is 5.82. The second-order valence-electron chi connectivity index (χ2n) is 3.98. The molecule has 100 valence electrons. The quantitative estimate of drug-likeness (QED) is 0.929. The van der Waals surface area contributed by atoms with Crippen LogP contribution in [0.5, 0.6) is 0 Å². The Morgan fingerprint density at radius 2 is 1.63 bits per heavy atom. The van der Waals surface area contributed by atoms with Crippen molar-refractivity contribution >= 4 is 38.9 Å². The van der Waals surface area contributed by atoms with Gasteiger partial charge in [-0.2, -0.15) is 0 Å². The fourth-order valence-corrected chi connectivity index (χ4v) is 3.06. The van der Waals surface area contributed by atoms with Crippen LogP contribution in [0.1, 0.15) is 5.56 Å². The molecule has 6 heteroatoms. The minimum absolute atomic E-state index is 0.0892. The summed E-state index contributed by atoms with van der Waals surface area (Å²) in [4.78, 5) is 0. The predicted molar refractivity (Wildman–Crippen MR) is 79.2 cm³/mol. The zero-order valence-electron chi connectivity index (χ0n) is 9.81. The van der Waals surface area contributed by atoms with Gasteiger partial charge >= 0.3 is 0 Å². The maximum absolute atomic E-state index is 12.0. The zero-order valence-corrected chi connectivity index (χ0v) is 12.1. The van der Waals surface area contributed by atoms with E-state index in [1.807, 2.05) is 6.07 Å². The van der Waals surface area contributed by atoms with Crippen LogP contribution in [0.4, 0.5) is 5.69 Å². The Balaban J connectivity index is 2.15. The molecule has 0 bridgehead atoms. The maximum atomic E-state index is 12.0. The van der Waals surface area contributed by atoms with Crippen LogP contribution in [0, 0.1) is 0 Å². The van der Waals surface area contributed by atoms with Crippen molar-refractivity contribution in [1.82, 2.24) is 0 Å². The predicted octanol–water partition coefficient (Wildman–Crippen LogP) is 3.94. The van der Waals surface area contributed by atoms with Gasteiger partial charge in [-0.1, -0.05) is 53.5 Å². The van der Waals surface area contributed by atoms with Gasteiger partial charge < -0.3 is 0 Å². The highest BCUT2D eigenvalue weighted by atomic mass is 35.5. The lowest BCUT2D eigenvalue weighted by molar-refractivity contribution is 0.600. The van der Waals surface area contributed by atoms with E-state index in [0.29, 0.717) is 15.7 Å². The highest BCUT2D eigenvalue weighted by Gasteiger charge is 2.12. The molecule has 0 aliphatic carbocycles. The molecule has 0 unspecified atom stereocenters. The van der Waals surface area contributed by atoms with Crippen LogP contribution >= 0.6 is 23.2 Å². The average Bonchev–Trinajstić information content (AvgIpc) is 2.34. The molecule has 0 spiro atoms. The molecule has 0 aromatic heterocycles. The summed E-state index contributed by atoms with van der Waals surface area (Å²) in [6.07, 6.45) is 0. The van der Waals surface area contributed by atoms with E-state index in [2.05, 4.69) is 4.72 Å². The SMILES string of the molecule is O=S(=O)(Cc1ccccc1)Nc1ccc(Cl)c(Cl)c1. The molecule has 0 saturated heterocycles. The molecule has 19 heavy (non-hydrogen) atoms. The van der Waals surface area contributed by atoms with Gasteiger partial charge in [-0.25, -0.2) is 8.42 Å². The molecular weight excluding hydrogens is 305 g/mol. The molecule has 0 amide bonds. The molecule has 2 aromatic rings. The van der Waals surface area contributed by atoms with Crippen molar-refractivity contribution in [2.75, 3.05) is 4.72 Å². The number of anilines is 1. The summed E-state index contributed by atoms with van der Waals surface area (Å²) < 4.78 is 26.4. The van der Waals surface area contributed by atoms with Crippen molar-refractivity contribution in [3.05, 3.63) is 64.1 Å². The summed E-state index contributed by atoms with van der Waals surface area (Å²) in [7, 11) is -3.47. The third-order valence-electron chi connectivity index (χ3n) is 2.39. The minimum atomic E-state index is -3.47. The van der Waals surface area contributed by atoms with Crippen molar-refractivity contribution in [2.24, 2.45) is 0 Å². The highest BCUT2D eigenvalue weighted by Crippen LogP contribution is 2.25. The van der Waals surface area contributed by atoms with Gasteiger partial charge in [-0.15, -0.1) is 0 Å². The monoisotopic (exact) mass is 315 g/mol. The molecule has 3 nitrogen and oxygen atoms in total. The number of benzene rings is 2. The molecule has 0 aliphatic heterocycles. The van der Waals surface area contributed by atoms with E-state index in [9.17, 15) is 8.42 Å². The normalized spacial score (nSPS) is 11.3. The number of hydrogen-bond donors (Lipinski definition) is 1. The lowest BCUT2D eigenvalue weighted by atomic mass is 10.2. The van der Waals surface area contributed by atoms with E-state index in [1.54, 1.807) is 36.4 Å². The Labute approximate surface area is 122 Å². The van der Waals surface area contributed by atoms with Crippen LogP contribution in [0.2, 0.25) is 10.0 Å². The van der Waals surface area contributed by atoms with Gasteiger partial charge in [-0.3, -0.25) is 4.72 Å². The molecule has 0 fully saturated rings. The highest BCUT2D eigenvalue weighted by molar-refractivity contribution is 7.91. The fourth-order valence-electron chi connectivity index (χ4n) is 1.57. The zero-order chi connectivity index (χ0) is 13.9. The molecule has 0 radical (unpaired) electrons. The Morgan fingerprint density at radius 1 is 0.947 bits per heavy atom. The number of sulfonamides is 1. The van der Waals surface area contributed by atoms with Gasteiger partial charge in [0.15, 0.2) is 0 Å². The standard InChI is InChI=1S/C13H11Cl2NO2S/c14-12-7-6-11(8-13(12)15)16-19(17,18)9-10-4-2-1-3-5-10/h1-8,16H,9H2. The second-order valence-corrected chi connectivity index (χ2v) is 6.51. The van der Waals surface area contributed by atoms with Gasteiger partial charge in [0.2, 0.25) is 10.0 Å². The Kier molecular flexibility index (Phi) is 4.34. The van der Waals surface area contributed by atoms with E-state index in [1.165, 1.54) is 6.07 Å². The third-order valence-corrected chi connectivity index (χ3v) is 4.39. The minimum Gasteiger partial charge on any atom is -0.283 e. The summed E-state index contributed by atoms with van der Waals surface area (Å²) >= 11 is 11.6. The van der Waals surface area contributed by atoms with Crippen LogP contribution in [-0.4, -0.2) is 8.42 Å². The smallest absolute Gasteiger partial charge is 0.236 e. The summed E-state index contributed by atoms with van der Waals surface area (Å²) in [5, 5.41) is 0.689. The van der Waals surface area contributed by atoms with Crippen molar-refractivity contribution < 1.29 is 8.42 Å². The van der Waals surface area contributed by atoms with Crippen LogP contribution in [0.25, 0.3) is 0 Å². The van der Waals surface area contributed by atoms with E-state index in [0.717, 1.165) is 5.56 Å². The molecule has 1 N–H and O–H groups in total. The topological polar surface area (TPSA) is 46.2 Å². The maximum Gasteiger partial charge on any atom is 0.236 e. The summed E-state index contributed by atoms with van der Waals surface area (Å²) in [6.45, 7) is 0. The third kappa shape index (κ3) is 4.13. The van der Waals surface area contributed by atoms with Crippen LogP contribution in [0.15, 0.2) is 48.5 Å². The summed E-state index contributed by atoms with van der Waals surface area (Å²) in [5.74, 6) is -0.0892. The summed E-state index contributed by atoms with van der Waals surface area (Å²) in [6, 6.07) is 13.5. The van der Waals surface area contributed by atoms with Gasteiger partial charge in [0, 0.05) is 0 Å². The van der Waals surface area contributed by atoms with Crippen molar-refractivity contribution in [3.63, 3.8) is 0 Å². The molecule has 2 rings (SSSR count). The Morgan fingerprint density at radius 3 is 2.26 bits per heavy atom. The van der Waals surface area contributed by atoms with Crippen LogP contribution in [-0.2, 0) is 15.8 Å². The van der Waals surface area contributed by atoms with Gasteiger partial charge in [-0.05, 0) is 23.8 Å².